The number of alkyl halides is 1. The van der Waals surface area contributed by atoms with Crippen LogP contribution in [0.25, 0.3) is 0 Å². The average Bonchev–Trinajstić information content (AvgIpc) is 2.30. The van der Waals surface area contributed by atoms with E-state index in [1.54, 1.807) is 19.0 Å². The Morgan fingerprint density at radius 1 is 1.43 bits per heavy atom. The molecule has 0 aromatic carbocycles. The third kappa shape index (κ3) is 1.96. The number of Topliss-reactive ketones (excluding diaryl/α,β-unsaturated/α-hetero) is 1. The largest absolute Gasteiger partial charge is 0.297 e. The highest BCUT2D eigenvalue weighted by atomic mass is 19.1. The Morgan fingerprint density at radius 2 is 1.93 bits per heavy atom. The molecule has 1 heterocycles. The SMILES string of the molecule is CC1C(F)C(C(=O)C(C)(C)C)NN1C. The summed E-state index contributed by atoms with van der Waals surface area (Å²) in [5.41, 5.74) is 2.38. The Bertz CT molecular complexity index is 237. The lowest BCUT2D eigenvalue weighted by molar-refractivity contribution is -0.129. The summed E-state index contributed by atoms with van der Waals surface area (Å²) in [4.78, 5) is 11.8. The van der Waals surface area contributed by atoms with Crippen molar-refractivity contribution < 1.29 is 9.18 Å². The van der Waals surface area contributed by atoms with Crippen molar-refractivity contribution in [1.29, 1.82) is 0 Å². The van der Waals surface area contributed by atoms with Gasteiger partial charge in [-0.2, -0.15) is 0 Å². The maximum atomic E-state index is 13.7. The maximum absolute atomic E-state index is 13.7. The van der Waals surface area contributed by atoms with E-state index in [9.17, 15) is 9.18 Å². The molecule has 4 heteroatoms. The number of hydrazine groups is 1. The molecule has 3 unspecified atom stereocenters. The summed E-state index contributed by atoms with van der Waals surface area (Å²) in [7, 11) is 1.76. The number of ketones is 1. The van der Waals surface area contributed by atoms with E-state index >= 15 is 0 Å². The predicted molar refractivity (Wildman–Crippen MR) is 53.5 cm³/mol. The van der Waals surface area contributed by atoms with Crippen LogP contribution in [0.3, 0.4) is 0 Å². The van der Waals surface area contributed by atoms with Gasteiger partial charge in [0.2, 0.25) is 0 Å². The molecule has 0 spiro atoms. The first kappa shape index (κ1) is 11.6. The predicted octanol–water partition coefficient (Wildman–Crippen LogP) is 1.15. The molecule has 1 saturated heterocycles. The van der Waals surface area contributed by atoms with E-state index in [0.717, 1.165) is 0 Å². The molecule has 1 rings (SSSR count). The first-order chi connectivity index (χ1) is 6.25. The van der Waals surface area contributed by atoms with Crippen molar-refractivity contribution in [3.63, 3.8) is 0 Å². The van der Waals surface area contributed by atoms with Gasteiger partial charge in [-0.25, -0.2) is 14.8 Å². The summed E-state index contributed by atoms with van der Waals surface area (Å²) in [6.45, 7) is 7.21. The highest BCUT2D eigenvalue weighted by Gasteiger charge is 2.44. The number of hydrogen-bond acceptors (Lipinski definition) is 3. The minimum Gasteiger partial charge on any atom is -0.297 e. The van der Waals surface area contributed by atoms with Crippen molar-refractivity contribution in [2.75, 3.05) is 7.05 Å². The van der Waals surface area contributed by atoms with E-state index in [0.29, 0.717) is 0 Å². The zero-order valence-electron chi connectivity index (χ0n) is 9.47. The average molecular weight is 202 g/mol. The lowest BCUT2D eigenvalue weighted by Gasteiger charge is -2.22. The van der Waals surface area contributed by atoms with Crippen molar-refractivity contribution in [3.8, 4) is 0 Å². The third-order valence-corrected chi connectivity index (χ3v) is 2.75. The molecule has 0 amide bonds. The topological polar surface area (TPSA) is 32.3 Å². The van der Waals surface area contributed by atoms with Crippen LogP contribution in [-0.2, 0) is 4.79 Å². The van der Waals surface area contributed by atoms with Crippen LogP contribution in [0, 0.1) is 5.41 Å². The van der Waals surface area contributed by atoms with Crippen molar-refractivity contribution >= 4 is 5.78 Å². The van der Waals surface area contributed by atoms with Crippen molar-refractivity contribution in [2.24, 2.45) is 5.41 Å². The zero-order chi connectivity index (χ0) is 11.1. The van der Waals surface area contributed by atoms with E-state index in [-0.39, 0.29) is 11.8 Å². The number of halogens is 1. The molecule has 0 bridgehead atoms. The Morgan fingerprint density at radius 3 is 2.21 bits per heavy atom. The molecule has 0 aromatic heterocycles. The summed E-state index contributed by atoms with van der Waals surface area (Å²) in [5, 5.41) is 1.67. The Balaban J connectivity index is 2.77. The Kier molecular flexibility index (Phi) is 2.97. The smallest absolute Gasteiger partial charge is 0.159 e. The number of nitrogens with zero attached hydrogens (tertiary/aromatic N) is 1. The van der Waals surface area contributed by atoms with Crippen LogP contribution in [0.15, 0.2) is 0 Å². The summed E-state index contributed by atoms with van der Waals surface area (Å²) < 4.78 is 13.7. The fraction of sp³-hybridized carbons (Fsp3) is 0.900. The lowest BCUT2D eigenvalue weighted by Crippen LogP contribution is -2.45. The van der Waals surface area contributed by atoms with E-state index in [4.69, 9.17) is 0 Å². The minimum absolute atomic E-state index is 0.0683. The monoisotopic (exact) mass is 202 g/mol. The van der Waals surface area contributed by atoms with Gasteiger partial charge in [0.15, 0.2) is 5.78 Å². The van der Waals surface area contributed by atoms with Crippen molar-refractivity contribution in [2.45, 2.75) is 46.0 Å². The first-order valence-corrected chi connectivity index (χ1v) is 4.92. The summed E-state index contributed by atoms with van der Waals surface area (Å²) in [6, 6.07) is -0.929. The number of carbonyl (C=O) groups excluding carboxylic acids is 1. The lowest BCUT2D eigenvalue weighted by atomic mass is 9.85. The van der Waals surface area contributed by atoms with Crippen molar-refractivity contribution in [3.05, 3.63) is 0 Å². The standard InChI is InChI=1S/C10H19FN2O/c1-6-7(11)8(12-13(6)5)9(14)10(2,3)4/h6-8,12H,1-5H3. The van der Waals surface area contributed by atoms with Gasteiger partial charge in [-0.15, -0.1) is 0 Å². The van der Waals surface area contributed by atoms with Crippen LogP contribution in [0.2, 0.25) is 0 Å². The highest BCUT2D eigenvalue weighted by molar-refractivity contribution is 5.89. The molecule has 0 saturated carbocycles. The van der Waals surface area contributed by atoms with Crippen LogP contribution >= 0.6 is 0 Å². The van der Waals surface area contributed by atoms with E-state index < -0.39 is 17.6 Å². The summed E-state index contributed by atoms with van der Waals surface area (Å²) in [6.07, 6.45) is -1.12. The van der Waals surface area contributed by atoms with Gasteiger partial charge >= 0.3 is 0 Å². The van der Waals surface area contributed by atoms with Gasteiger partial charge in [-0.3, -0.25) is 4.79 Å². The second-order valence-electron chi connectivity index (χ2n) is 5.02. The van der Waals surface area contributed by atoms with Gasteiger partial charge in [0.25, 0.3) is 0 Å². The Labute approximate surface area is 84.6 Å². The maximum Gasteiger partial charge on any atom is 0.159 e. The van der Waals surface area contributed by atoms with E-state index in [2.05, 4.69) is 5.43 Å². The Hall–Kier alpha value is -0.480. The normalized spacial score (nSPS) is 34.9. The molecule has 1 fully saturated rings. The zero-order valence-corrected chi connectivity index (χ0v) is 9.47. The quantitative estimate of drug-likeness (QED) is 0.692. The van der Waals surface area contributed by atoms with E-state index in [1.165, 1.54) is 0 Å². The molecule has 0 aliphatic carbocycles. The molecule has 1 aliphatic rings. The van der Waals surface area contributed by atoms with Crippen LogP contribution in [0.1, 0.15) is 27.7 Å². The molecule has 14 heavy (non-hydrogen) atoms. The molecule has 0 radical (unpaired) electrons. The van der Waals surface area contributed by atoms with Crippen LogP contribution < -0.4 is 5.43 Å². The van der Waals surface area contributed by atoms with Gasteiger partial charge in [0.05, 0.1) is 6.04 Å². The second-order valence-corrected chi connectivity index (χ2v) is 5.02. The molecule has 1 N–H and O–H groups in total. The summed E-state index contributed by atoms with van der Waals surface area (Å²) in [5.74, 6) is -0.0683. The second kappa shape index (κ2) is 3.59. The van der Waals surface area contributed by atoms with Crippen molar-refractivity contribution in [1.82, 2.24) is 10.4 Å². The van der Waals surface area contributed by atoms with Gasteiger partial charge < -0.3 is 0 Å². The number of carbonyl (C=O) groups is 1. The number of rotatable bonds is 1. The molecular weight excluding hydrogens is 183 g/mol. The van der Waals surface area contributed by atoms with Gasteiger partial charge in [-0.1, -0.05) is 20.8 Å². The third-order valence-electron chi connectivity index (χ3n) is 2.75. The number of nitrogens with one attached hydrogen (secondary N) is 1. The van der Waals surface area contributed by atoms with Crippen LogP contribution in [0.5, 0.6) is 0 Å². The first-order valence-electron chi connectivity index (χ1n) is 4.92. The molecular formula is C10H19FN2O. The molecule has 1 aliphatic heterocycles. The molecule has 3 nitrogen and oxygen atoms in total. The summed E-state index contributed by atoms with van der Waals surface area (Å²) >= 11 is 0. The van der Waals surface area contributed by atoms with Gasteiger partial charge in [-0.05, 0) is 6.92 Å². The van der Waals surface area contributed by atoms with Crippen LogP contribution in [-0.4, -0.2) is 36.1 Å². The fourth-order valence-electron chi connectivity index (χ4n) is 1.57. The highest BCUT2D eigenvalue weighted by Crippen LogP contribution is 2.25. The minimum atomic E-state index is -1.12. The fourth-order valence-corrected chi connectivity index (χ4v) is 1.57. The van der Waals surface area contributed by atoms with Gasteiger partial charge in [0.1, 0.15) is 12.2 Å². The molecule has 3 atom stereocenters. The van der Waals surface area contributed by atoms with E-state index in [1.807, 2.05) is 20.8 Å². The number of hydrogen-bond donors (Lipinski definition) is 1. The van der Waals surface area contributed by atoms with Crippen LogP contribution in [0.4, 0.5) is 4.39 Å². The molecule has 82 valence electrons. The van der Waals surface area contributed by atoms with Gasteiger partial charge in [0, 0.05) is 12.5 Å². The molecule has 0 aromatic rings.